The third-order valence-corrected chi connectivity index (χ3v) is 5.51. The molecule has 1 aliphatic heterocycles. The van der Waals surface area contributed by atoms with Gasteiger partial charge in [0.1, 0.15) is 6.61 Å². The van der Waals surface area contributed by atoms with Gasteiger partial charge < -0.3 is 14.2 Å². The Balaban J connectivity index is 1.70. The molecule has 0 N–H and O–H groups in total. The molecule has 30 heavy (non-hydrogen) atoms. The number of nitrogens with zero attached hydrogens (tertiary/aromatic N) is 1. The van der Waals surface area contributed by atoms with Crippen LogP contribution in [-0.2, 0) is 16.1 Å². The van der Waals surface area contributed by atoms with Crippen LogP contribution in [0.2, 0.25) is 0 Å². The highest BCUT2D eigenvalue weighted by Crippen LogP contribution is 2.34. The van der Waals surface area contributed by atoms with Gasteiger partial charge in [0.25, 0.3) is 11.1 Å². The van der Waals surface area contributed by atoms with E-state index >= 15 is 0 Å². The molecule has 0 aromatic heterocycles. The van der Waals surface area contributed by atoms with Crippen molar-refractivity contribution in [3.05, 3.63) is 64.1 Å². The second-order valence-corrected chi connectivity index (χ2v) is 7.86. The summed E-state index contributed by atoms with van der Waals surface area (Å²) in [6, 6.07) is 13.6. The van der Waals surface area contributed by atoms with Gasteiger partial charge in [0.15, 0.2) is 11.5 Å². The number of aryl methyl sites for hydroxylation is 1. The molecule has 0 unspecified atom stereocenters. The molecule has 6 nitrogen and oxygen atoms in total. The summed E-state index contributed by atoms with van der Waals surface area (Å²) in [5.74, 6) is 0.901. The fourth-order valence-corrected chi connectivity index (χ4v) is 3.81. The van der Waals surface area contributed by atoms with Crippen molar-refractivity contribution in [2.45, 2.75) is 20.0 Å². The first kappa shape index (κ1) is 21.9. The predicted molar refractivity (Wildman–Crippen MR) is 118 cm³/mol. The molecule has 1 saturated heterocycles. The Morgan fingerprint density at radius 1 is 1.03 bits per heavy atom. The Bertz CT molecular complexity index is 939. The summed E-state index contributed by atoms with van der Waals surface area (Å²) < 4.78 is 16.3. The highest BCUT2D eigenvalue weighted by Gasteiger charge is 2.34. The Morgan fingerprint density at radius 3 is 2.50 bits per heavy atom. The van der Waals surface area contributed by atoms with E-state index in [1.807, 2.05) is 43.3 Å². The number of imide groups is 1. The second kappa shape index (κ2) is 10.3. The van der Waals surface area contributed by atoms with Crippen molar-refractivity contribution < 1.29 is 23.8 Å². The molecular weight excluding hydrogens is 402 g/mol. The lowest BCUT2D eigenvalue weighted by Crippen LogP contribution is -2.29. The molecule has 1 fully saturated rings. The molecule has 0 aliphatic carbocycles. The van der Waals surface area contributed by atoms with Gasteiger partial charge in [-0.1, -0.05) is 35.9 Å². The molecule has 0 atom stereocenters. The Kier molecular flexibility index (Phi) is 7.54. The minimum absolute atomic E-state index is 0.257. The van der Waals surface area contributed by atoms with Gasteiger partial charge in [-0.15, -0.1) is 0 Å². The summed E-state index contributed by atoms with van der Waals surface area (Å²) in [7, 11) is 3.16. The summed E-state index contributed by atoms with van der Waals surface area (Å²) in [6.07, 6.45) is 2.32. The lowest BCUT2D eigenvalue weighted by atomic mass is 10.1. The van der Waals surface area contributed by atoms with Gasteiger partial charge >= 0.3 is 0 Å². The fourth-order valence-electron chi connectivity index (χ4n) is 2.95. The molecule has 3 rings (SSSR count). The van der Waals surface area contributed by atoms with Crippen molar-refractivity contribution in [3.63, 3.8) is 0 Å². The zero-order valence-corrected chi connectivity index (χ0v) is 18.2. The zero-order valence-electron chi connectivity index (χ0n) is 17.3. The minimum atomic E-state index is -0.278. The lowest BCUT2D eigenvalue weighted by molar-refractivity contribution is -0.122. The number of rotatable bonds is 9. The van der Waals surface area contributed by atoms with E-state index < -0.39 is 0 Å². The van der Waals surface area contributed by atoms with Crippen LogP contribution in [0.25, 0.3) is 6.08 Å². The molecule has 1 heterocycles. The summed E-state index contributed by atoms with van der Waals surface area (Å²) in [4.78, 5) is 26.3. The van der Waals surface area contributed by atoms with E-state index in [0.717, 1.165) is 22.9 Å². The van der Waals surface area contributed by atoms with E-state index in [-0.39, 0.29) is 11.1 Å². The minimum Gasteiger partial charge on any atom is -0.493 e. The van der Waals surface area contributed by atoms with Gasteiger partial charge in [-0.25, -0.2) is 0 Å². The Labute approximate surface area is 180 Å². The molecule has 0 spiro atoms. The normalized spacial score (nSPS) is 15.2. The molecule has 0 saturated carbocycles. The van der Waals surface area contributed by atoms with Crippen molar-refractivity contribution >= 4 is 29.0 Å². The van der Waals surface area contributed by atoms with Crippen molar-refractivity contribution in [2.75, 3.05) is 27.4 Å². The number of methoxy groups -OCH3 is 2. The van der Waals surface area contributed by atoms with Gasteiger partial charge in [-0.2, -0.15) is 0 Å². The topological polar surface area (TPSA) is 65.1 Å². The molecule has 158 valence electrons. The standard InChI is InChI=1S/C23H25NO5S/c1-16-5-7-17(8-6-16)15-29-19-10-9-18(13-20(19)28-3)14-21-22(25)24(23(26)30-21)11-4-12-27-2/h5-10,13-14H,4,11-12,15H2,1-3H3/b21-14+. The van der Waals surface area contributed by atoms with Crippen LogP contribution < -0.4 is 9.47 Å². The third-order valence-electron chi connectivity index (χ3n) is 4.60. The van der Waals surface area contributed by atoms with Gasteiger partial charge in [-0.3, -0.25) is 14.5 Å². The maximum absolute atomic E-state index is 12.5. The van der Waals surface area contributed by atoms with Gasteiger partial charge in [0.05, 0.1) is 12.0 Å². The van der Waals surface area contributed by atoms with Crippen LogP contribution in [0.1, 0.15) is 23.1 Å². The van der Waals surface area contributed by atoms with E-state index in [0.29, 0.717) is 42.6 Å². The van der Waals surface area contributed by atoms with Crippen LogP contribution in [0.15, 0.2) is 47.4 Å². The van der Waals surface area contributed by atoms with Gasteiger partial charge in [0, 0.05) is 20.3 Å². The van der Waals surface area contributed by atoms with Crippen LogP contribution in [0.5, 0.6) is 11.5 Å². The maximum Gasteiger partial charge on any atom is 0.293 e. The van der Waals surface area contributed by atoms with E-state index in [1.54, 1.807) is 26.4 Å². The fraction of sp³-hybridized carbons (Fsp3) is 0.304. The van der Waals surface area contributed by atoms with E-state index in [1.165, 1.54) is 10.5 Å². The first-order valence-electron chi connectivity index (χ1n) is 9.62. The first-order chi connectivity index (χ1) is 14.5. The number of thioether (sulfide) groups is 1. The SMILES string of the molecule is COCCCN1C(=O)S/C(=C/c2ccc(OCc3ccc(C)cc3)c(OC)c2)C1=O. The molecule has 1 aliphatic rings. The average molecular weight is 428 g/mol. The molecule has 2 aromatic carbocycles. The molecule has 0 bridgehead atoms. The van der Waals surface area contributed by atoms with Gasteiger partial charge in [0.2, 0.25) is 0 Å². The molecule has 2 aromatic rings. The highest BCUT2D eigenvalue weighted by molar-refractivity contribution is 8.18. The number of hydrogen-bond donors (Lipinski definition) is 0. The number of ether oxygens (including phenoxy) is 3. The highest BCUT2D eigenvalue weighted by atomic mass is 32.2. The van der Waals surface area contributed by atoms with Crippen molar-refractivity contribution in [2.24, 2.45) is 0 Å². The van der Waals surface area contributed by atoms with Gasteiger partial charge in [-0.05, 0) is 54.4 Å². The van der Waals surface area contributed by atoms with E-state index in [4.69, 9.17) is 14.2 Å². The monoisotopic (exact) mass is 427 g/mol. The number of amides is 2. The molecular formula is C23H25NO5S. The number of hydrogen-bond acceptors (Lipinski definition) is 6. The predicted octanol–water partition coefficient (Wildman–Crippen LogP) is 4.66. The number of benzene rings is 2. The molecule has 7 heteroatoms. The van der Waals surface area contributed by atoms with Crippen molar-refractivity contribution in [1.29, 1.82) is 0 Å². The van der Waals surface area contributed by atoms with Crippen LogP contribution in [0.3, 0.4) is 0 Å². The number of carbonyl (C=O) groups is 2. The second-order valence-electron chi connectivity index (χ2n) is 6.86. The van der Waals surface area contributed by atoms with Crippen LogP contribution in [-0.4, -0.2) is 43.4 Å². The Hall–Kier alpha value is -2.77. The smallest absolute Gasteiger partial charge is 0.293 e. The Morgan fingerprint density at radius 2 is 1.80 bits per heavy atom. The molecule has 2 amide bonds. The first-order valence-corrected chi connectivity index (χ1v) is 10.4. The number of carbonyl (C=O) groups excluding carboxylic acids is 2. The van der Waals surface area contributed by atoms with Crippen molar-refractivity contribution in [3.8, 4) is 11.5 Å². The van der Waals surface area contributed by atoms with Crippen molar-refractivity contribution in [1.82, 2.24) is 4.90 Å². The van der Waals surface area contributed by atoms with E-state index in [2.05, 4.69) is 0 Å². The quantitative estimate of drug-likeness (QED) is 0.429. The maximum atomic E-state index is 12.5. The van der Waals surface area contributed by atoms with Crippen LogP contribution in [0, 0.1) is 6.92 Å². The summed E-state index contributed by atoms with van der Waals surface area (Å²) >= 11 is 0.947. The summed E-state index contributed by atoms with van der Waals surface area (Å²) in [5, 5.41) is -0.257. The van der Waals surface area contributed by atoms with E-state index in [9.17, 15) is 9.59 Å². The zero-order chi connectivity index (χ0) is 21.5. The van der Waals surface area contributed by atoms with Crippen LogP contribution in [0.4, 0.5) is 4.79 Å². The average Bonchev–Trinajstić information content (AvgIpc) is 3.01. The van der Waals surface area contributed by atoms with Crippen LogP contribution >= 0.6 is 11.8 Å². The third kappa shape index (κ3) is 5.43. The molecule has 0 radical (unpaired) electrons. The summed E-state index contributed by atoms with van der Waals surface area (Å²) in [5.41, 5.74) is 3.02. The lowest BCUT2D eigenvalue weighted by Gasteiger charge is -2.12. The summed E-state index contributed by atoms with van der Waals surface area (Å²) in [6.45, 7) is 3.32. The largest absolute Gasteiger partial charge is 0.493 e.